The molecule has 0 saturated heterocycles. The Hall–Kier alpha value is -0.260. The number of nitriles is 1. The summed E-state index contributed by atoms with van der Waals surface area (Å²) in [6.07, 6.45) is 22.2. The normalized spacial score (nSPS) is 12.4. The Bertz CT molecular complexity index is 331. The number of hydrogen-bond acceptors (Lipinski definition) is 1. The van der Waals surface area contributed by atoms with Crippen molar-refractivity contribution in [3.8, 4) is 6.07 Å². The molecule has 0 aliphatic heterocycles. The van der Waals surface area contributed by atoms with Gasteiger partial charge in [-0.1, -0.05) is 90.9 Å². The maximum atomic E-state index is 9.26. The van der Waals surface area contributed by atoms with E-state index in [0.717, 1.165) is 11.0 Å². The third-order valence-corrected chi connectivity index (χ3v) is 6.04. The molecule has 2 nitrogen and oxygen atoms in total. The number of hydrogen-bond donors (Lipinski definition) is 0. The smallest absolute Gasteiger partial charge is 0.0942 e. The summed E-state index contributed by atoms with van der Waals surface area (Å²) in [6, 6.07) is 2.47. The molecule has 1 atom stereocenters. The third-order valence-electron chi connectivity index (χ3n) is 6.04. The lowest BCUT2D eigenvalue weighted by molar-refractivity contribution is -0.912. The summed E-state index contributed by atoms with van der Waals surface area (Å²) in [5.41, 5.74) is 0. The lowest BCUT2D eigenvalue weighted by Gasteiger charge is -2.36. The Morgan fingerprint density at radius 3 is 1.29 bits per heavy atom. The number of rotatable bonds is 20. The molecule has 3 heteroatoms. The van der Waals surface area contributed by atoms with Gasteiger partial charge >= 0.3 is 0 Å². The van der Waals surface area contributed by atoms with Crippen LogP contribution in [0.2, 0.25) is 0 Å². The van der Waals surface area contributed by atoms with Crippen molar-refractivity contribution in [1.82, 2.24) is 0 Å². The number of halogens is 1. The molecule has 0 heterocycles. The van der Waals surface area contributed by atoms with E-state index in [0.29, 0.717) is 0 Å². The molecule has 0 aromatic heterocycles. The van der Waals surface area contributed by atoms with E-state index in [9.17, 15) is 5.26 Å². The molecule has 168 valence electrons. The molecule has 0 amide bonds. The predicted octanol–water partition coefficient (Wildman–Crippen LogP) is 4.88. The van der Waals surface area contributed by atoms with Crippen molar-refractivity contribution < 1.29 is 16.9 Å². The van der Waals surface area contributed by atoms with E-state index in [1.54, 1.807) is 0 Å². The maximum absolute atomic E-state index is 9.26. The minimum Gasteiger partial charge on any atom is -1.00 e. The van der Waals surface area contributed by atoms with Crippen molar-refractivity contribution in [1.29, 1.82) is 5.26 Å². The van der Waals surface area contributed by atoms with Crippen LogP contribution < -0.4 is 12.4 Å². The summed E-state index contributed by atoms with van der Waals surface area (Å²) in [7, 11) is 2.40. The zero-order valence-corrected chi connectivity index (χ0v) is 20.5. The highest BCUT2D eigenvalue weighted by Gasteiger charge is 2.23. The Balaban J connectivity index is 0. The van der Waals surface area contributed by atoms with E-state index >= 15 is 0 Å². The van der Waals surface area contributed by atoms with Gasteiger partial charge in [-0.25, -0.2) is 0 Å². The first-order chi connectivity index (χ1) is 13.1. The van der Waals surface area contributed by atoms with E-state index in [1.165, 1.54) is 116 Å². The zero-order chi connectivity index (χ0) is 20.2. The molecule has 28 heavy (non-hydrogen) atoms. The average Bonchev–Trinajstić information content (AvgIpc) is 2.66. The lowest BCUT2D eigenvalue weighted by atomic mass is 10.1. The lowest BCUT2D eigenvalue weighted by Crippen LogP contribution is -3.00. The highest BCUT2D eigenvalue weighted by molar-refractivity contribution is 4.78. The Morgan fingerprint density at radius 1 is 0.643 bits per heavy atom. The first kappa shape index (κ1) is 29.9. The van der Waals surface area contributed by atoms with Crippen LogP contribution in [-0.2, 0) is 0 Å². The fraction of sp³-hybridized carbons (Fsp3) is 0.960. The van der Waals surface area contributed by atoms with Crippen LogP contribution >= 0.6 is 0 Å². The SMILES string of the molecule is CCCCCCCCCC[N+](C)(CCCCCCCCCC)CC(C)C#N.[Cl-]. The monoisotopic (exact) mass is 414 g/mol. The van der Waals surface area contributed by atoms with Gasteiger partial charge in [0.15, 0.2) is 0 Å². The van der Waals surface area contributed by atoms with Crippen LogP contribution in [0.25, 0.3) is 0 Å². The van der Waals surface area contributed by atoms with Gasteiger partial charge in [-0.2, -0.15) is 5.26 Å². The number of quaternary nitrogens is 1. The Labute approximate surface area is 184 Å². The molecule has 0 aliphatic carbocycles. The molecule has 0 fully saturated rings. The first-order valence-electron chi connectivity index (χ1n) is 12.3. The van der Waals surface area contributed by atoms with E-state index in [4.69, 9.17) is 0 Å². The van der Waals surface area contributed by atoms with Crippen molar-refractivity contribution in [3.63, 3.8) is 0 Å². The molecule has 0 aromatic rings. The largest absolute Gasteiger partial charge is 1.00 e. The second kappa shape index (κ2) is 21.4. The topological polar surface area (TPSA) is 23.8 Å². The van der Waals surface area contributed by atoms with E-state index in [2.05, 4.69) is 33.9 Å². The van der Waals surface area contributed by atoms with Gasteiger partial charge in [0, 0.05) is 0 Å². The number of unbranched alkanes of at least 4 members (excludes halogenated alkanes) is 14. The summed E-state index contributed by atoms with van der Waals surface area (Å²) in [5, 5.41) is 9.26. The van der Waals surface area contributed by atoms with Crippen molar-refractivity contribution >= 4 is 0 Å². The van der Waals surface area contributed by atoms with E-state index in [-0.39, 0.29) is 18.3 Å². The van der Waals surface area contributed by atoms with Gasteiger partial charge in [-0.15, -0.1) is 0 Å². The third kappa shape index (κ3) is 19.1. The van der Waals surface area contributed by atoms with Crippen LogP contribution in [0.4, 0.5) is 0 Å². The highest BCUT2D eigenvalue weighted by Crippen LogP contribution is 2.16. The maximum Gasteiger partial charge on any atom is 0.0942 e. The van der Waals surface area contributed by atoms with E-state index in [1.807, 2.05) is 0 Å². The molecule has 0 aliphatic rings. The van der Waals surface area contributed by atoms with Gasteiger partial charge in [-0.05, 0) is 32.6 Å². The standard InChI is InChI=1S/C25H51N2.ClH/c1-5-7-9-11-13-15-17-19-21-27(4,24-25(3)23-26)22-20-18-16-14-12-10-8-6-2;/h25H,5-22,24H2,1-4H3;1H/q+1;/p-1. The van der Waals surface area contributed by atoms with Crippen molar-refractivity contribution in [2.24, 2.45) is 5.92 Å². The van der Waals surface area contributed by atoms with Crippen molar-refractivity contribution in [2.45, 2.75) is 124 Å². The molecule has 0 spiro atoms. The zero-order valence-electron chi connectivity index (χ0n) is 19.8. The first-order valence-corrected chi connectivity index (χ1v) is 12.3. The second-order valence-electron chi connectivity index (χ2n) is 9.23. The minimum absolute atomic E-state index is 0. The number of nitrogens with zero attached hydrogens (tertiary/aromatic N) is 2. The van der Waals surface area contributed by atoms with E-state index < -0.39 is 0 Å². The summed E-state index contributed by atoms with van der Waals surface area (Å²) in [5.74, 6) is 0.179. The highest BCUT2D eigenvalue weighted by atomic mass is 35.5. The fourth-order valence-corrected chi connectivity index (χ4v) is 4.25. The quantitative estimate of drug-likeness (QED) is 0.206. The molecule has 0 saturated carbocycles. The molecule has 0 bridgehead atoms. The predicted molar refractivity (Wildman–Crippen MR) is 121 cm³/mol. The molecule has 0 rings (SSSR count). The minimum atomic E-state index is 0. The van der Waals surface area contributed by atoms with Gasteiger partial charge in [0.25, 0.3) is 0 Å². The average molecular weight is 415 g/mol. The van der Waals surface area contributed by atoms with Crippen LogP contribution in [0.15, 0.2) is 0 Å². The van der Waals surface area contributed by atoms with Gasteiger partial charge in [0.1, 0.15) is 0 Å². The Morgan fingerprint density at radius 2 is 0.964 bits per heavy atom. The van der Waals surface area contributed by atoms with Crippen LogP contribution in [0.3, 0.4) is 0 Å². The van der Waals surface area contributed by atoms with Crippen LogP contribution in [-0.4, -0.2) is 31.2 Å². The Kier molecular flexibility index (Phi) is 22.9. The summed E-state index contributed by atoms with van der Waals surface area (Å²) >= 11 is 0. The van der Waals surface area contributed by atoms with Crippen LogP contribution in [0.5, 0.6) is 0 Å². The second-order valence-corrected chi connectivity index (χ2v) is 9.23. The molecule has 0 N–H and O–H groups in total. The summed E-state index contributed by atoms with van der Waals surface area (Å²) < 4.78 is 1.11. The molecule has 1 unspecified atom stereocenters. The van der Waals surface area contributed by atoms with Crippen LogP contribution in [0.1, 0.15) is 124 Å². The van der Waals surface area contributed by atoms with Gasteiger partial charge < -0.3 is 16.9 Å². The molecule has 0 aromatic carbocycles. The van der Waals surface area contributed by atoms with Gasteiger partial charge in [0.2, 0.25) is 0 Å². The van der Waals surface area contributed by atoms with Crippen LogP contribution in [0, 0.1) is 17.2 Å². The fourth-order valence-electron chi connectivity index (χ4n) is 4.25. The van der Waals surface area contributed by atoms with Crippen molar-refractivity contribution in [2.75, 3.05) is 26.7 Å². The summed E-state index contributed by atoms with van der Waals surface area (Å²) in [4.78, 5) is 0. The molecular weight excluding hydrogens is 364 g/mol. The van der Waals surface area contributed by atoms with Gasteiger partial charge in [-0.3, -0.25) is 0 Å². The molecule has 0 radical (unpaired) electrons. The van der Waals surface area contributed by atoms with Crippen molar-refractivity contribution in [3.05, 3.63) is 0 Å². The molecular formula is C25H51ClN2. The summed E-state index contributed by atoms with van der Waals surface area (Å²) in [6.45, 7) is 10.2. The van der Waals surface area contributed by atoms with Gasteiger partial charge in [0.05, 0.1) is 38.7 Å².